The minimum absolute atomic E-state index is 0.0251. The number of carboxylic acids is 1. The zero-order valence-corrected chi connectivity index (χ0v) is 24.5. The van der Waals surface area contributed by atoms with Gasteiger partial charge in [0.2, 0.25) is 0 Å². The van der Waals surface area contributed by atoms with Crippen LogP contribution in [0.2, 0.25) is 0 Å². The van der Waals surface area contributed by atoms with Crippen molar-refractivity contribution in [3.05, 3.63) is 62.5 Å². The summed E-state index contributed by atoms with van der Waals surface area (Å²) in [6.07, 6.45) is 0. The van der Waals surface area contributed by atoms with Gasteiger partial charge in [-0.15, -0.1) is 28.2 Å². The number of carboxylic acid groups (broad SMARTS) is 1. The van der Waals surface area contributed by atoms with Crippen molar-refractivity contribution in [2.75, 3.05) is 17.2 Å². The molecule has 0 aliphatic carbocycles. The molecule has 2 aliphatic rings. The number of aliphatic carboxylic acids is 1. The molecule has 0 unspecified atom stereocenters. The molecule has 2 aliphatic heterocycles. The Morgan fingerprint density at radius 1 is 1.23 bits per heavy atom. The Labute approximate surface area is 254 Å². The summed E-state index contributed by atoms with van der Waals surface area (Å²) in [4.78, 5) is 64.6. The van der Waals surface area contributed by atoms with Crippen molar-refractivity contribution in [1.82, 2.24) is 30.0 Å². The van der Waals surface area contributed by atoms with Crippen molar-refractivity contribution in [3.8, 4) is 11.6 Å². The number of fused-ring (bicyclic) bond motifs is 1. The van der Waals surface area contributed by atoms with E-state index in [1.807, 2.05) is 0 Å². The van der Waals surface area contributed by atoms with Crippen molar-refractivity contribution in [2.24, 2.45) is 12.2 Å². The minimum atomic E-state index is -1.33. The Morgan fingerprint density at radius 3 is 2.65 bits per heavy atom. The van der Waals surface area contributed by atoms with E-state index in [1.54, 1.807) is 12.1 Å². The summed E-state index contributed by atoms with van der Waals surface area (Å²) in [6, 6.07) is 5.13. The molecule has 16 nitrogen and oxygen atoms in total. The third-order valence-corrected chi connectivity index (χ3v) is 9.25. The highest BCUT2D eigenvalue weighted by Gasteiger charge is 2.54. The van der Waals surface area contributed by atoms with Crippen molar-refractivity contribution < 1.29 is 34.5 Å². The topological polar surface area (TPSA) is 235 Å². The number of β-lactam (4-membered cyclic amide) rings is 1. The van der Waals surface area contributed by atoms with Gasteiger partial charge in [0.1, 0.15) is 35.2 Å². The lowest BCUT2D eigenvalue weighted by Gasteiger charge is -2.49. The van der Waals surface area contributed by atoms with E-state index >= 15 is 0 Å². The number of rotatable bonds is 10. The van der Waals surface area contributed by atoms with E-state index in [0.717, 1.165) is 28.0 Å². The molecule has 4 heterocycles. The maximum atomic E-state index is 13.3. The monoisotopic (exact) mass is 646 g/mol. The van der Waals surface area contributed by atoms with Crippen molar-refractivity contribution in [1.29, 1.82) is 0 Å². The number of nitrogen functional groups attached to an aromatic ring is 1. The number of nitrogens with one attached hydrogen (secondary N) is 1. The van der Waals surface area contributed by atoms with Gasteiger partial charge in [0.25, 0.3) is 17.7 Å². The van der Waals surface area contributed by atoms with Gasteiger partial charge in [-0.1, -0.05) is 29.1 Å². The molecule has 224 valence electrons. The SMILES string of the molecule is Cn1nc(O)c(=O)nc1SCC1=C(C(=O)O)N2C(=O)[C@@H](NC(=O)/C(=N\OCc3ccc(O)cc3)c3csc(N)n3)[C@H]2SC1. The van der Waals surface area contributed by atoms with Crippen LogP contribution in [0.25, 0.3) is 0 Å². The molecule has 3 aromatic rings. The summed E-state index contributed by atoms with van der Waals surface area (Å²) in [5.74, 6) is -3.12. The summed E-state index contributed by atoms with van der Waals surface area (Å²) < 4.78 is 1.19. The number of benzene rings is 1. The Hall–Kier alpha value is -4.62. The van der Waals surface area contributed by atoms with E-state index in [-0.39, 0.29) is 51.3 Å². The maximum Gasteiger partial charge on any atom is 0.352 e. The first kappa shape index (κ1) is 29.9. The van der Waals surface area contributed by atoms with Gasteiger partial charge in [-0.3, -0.25) is 19.3 Å². The van der Waals surface area contributed by atoms with E-state index in [0.29, 0.717) is 11.1 Å². The number of carbonyl (C=O) groups excluding carboxylic acids is 2. The van der Waals surface area contributed by atoms with Crippen LogP contribution in [0.1, 0.15) is 11.3 Å². The lowest BCUT2D eigenvalue weighted by molar-refractivity contribution is -0.150. The van der Waals surface area contributed by atoms with Crippen molar-refractivity contribution >= 4 is 63.5 Å². The number of aryl methyl sites for hydroxylation is 1. The molecule has 0 radical (unpaired) electrons. The summed E-state index contributed by atoms with van der Waals surface area (Å²) in [6.45, 7) is -0.0251. The van der Waals surface area contributed by atoms with Crippen LogP contribution in [0, 0.1) is 0 Å². The number of hydrogen-bond donors (Lipinski definition) is 5. The third kappa shape index (κ3) is 6.27. The van der Waals surface area contributed by atoms with Crippen LogP contribution in [0.3, 0.4) is 0 Å². The van der Waals surface area contributed by atoms with E-state index in [2.05, 4.69) is 25.5 Å². The summed E-state index contributed by atoms with van der Waals surface area (Å²) in [7, 11) is 1.47. The molecule has 2 atom stereocenters. The number of thioether (sulfide) groups is 2. The van der Waals surface area contributed by atoms with Crippen LogP contribution in [-0.4, -0.2) is 86.4 Å². The second-order valence-corrected chi connectivity index (χ2v) is 11.9. The number of phenols is 1. The van der Waals surface area contributed by atoms with Crippen LogP contribution < -0.4 is 16.6 Å². The molecule has 1 fully saturated rings. The number of aromatic nitrogens is 4. The summed E-state index contributed by atoms with van der Waals surface area (Å²) in [5, 5.41) is 40.2. The molecular weight excluding hydrogens is 625 g/mol. The van der Waals surface area contributed by atoms with Crippen molar-refractivity contribution in [3.63, 3.8) is 0 Å². The van der Waals surface area contributed by atoms with Crippen LogP contribution in [0.15, 0.2) is 56.0 Å². The Balaban J connectivity index is 1.30. The lowest BCUT2D eigenvalue weighted by Crippen LogP contribution is -2.71. The van der Waals surface area contributed by atoms with Gasteiger partial charge in [0.15, 0.2) is 16.0 Å². The van der Waals surface area contributed by atoms with Crippen LogP contribution >= 0.6 is 34.9 Å². The predicted molar refractivity (Wildman–Crippen MR) is 155 cm³/mol. The minimum Gasteiger partial charge on any atom is -0.508 e. The van der Waals surface area contributed by atoms with Gasteiger partial charge in [0, 0.05) is 23.9 Å². The number of amides is 2. The number of anilines is 1. The average Bonchev–Trinajstić information content (AvgIpc) is 3.40. The molecule has 5 rings (SSSR count). The van der Waals surface area contributed by atoms with Crippen LogP contribution in [-0.2, 0) is 32.9 Å². The van der Waals surface area contributed by atoms with E-state index in [9.17, 15) is 34.5 Å². The second-order valence-electron chi connectivity index (χ2n) is 9.00. The summed E-state index contributed by atoms with van der Waals surface area (Å²) >= 11 is 3.36. The Morgan fingerprint density at radius 2 is 1.98 bits per heavy atom. The van der Waals surface area contributed by atoms with Gasteiger partial charge in [0.05, 0.1) is 0 Å². The molecule has 2 amide bonds. The number of aromatic hydroxyl groups is 2. The van der Waals surface area contributed by atoms with Gasteiger partial charge < -0.3 is 31.2 Å². The highest BCUT2D eigenvalue weighted by Crippen LogP contribution is 2.41. The van der Waals surface area contributed by atoms with Crippen molar-refractivity contribution in [2.45, 2.75) is 23.2 Å². The molecule has 1 saturated heterocycles. The maximum absolute atomic E-state index is 13.3. The number of nitrogens with zero attached hydrogens (tertiary/aromatic N) is 6. The number of carbonyl (C=O) groups is 3. The van der Waals surface area contributed by atoms with Gasteiger partial charge in [-0.2, -0.15) is 4.98 Å². The highest BCUT2D eigenvalue weighted by atomic mass is 32.2. The predicted octanol–water partition coefficient (Wildman–Crippen LogP) is 0.0770. The molecular formula is C24H22N8O8S3. The average molecular weight is 647 g/mol. The Bertz CT molecular complexity index is 1720. The van der Waals surface area contributed by atoms with E-state index < -0.39 is 40.6 Å². The largest absolute Gasteiger partial charge is 0.508 e. The van der Waals surface area contributed by atoms with Crippen LogP contribution in [0.4, 0.5) is 5.13 Å². The molecule has 43 heavy (non-hydrogen) atoms. The fourth-order valence-corrected chi connectivity index (χ4v) is 7.02. The van der Waals surface area contributed by atoms with Gasteiger partial charge in [-0.05, 0) is 23.3 Å². The normalized spacial score (nSPS) is 18.2. The molecule has 0 spiro atoms. The highest BCUT2D eigenvalue weighted by molar-refractivity contribution is 8.01. The number of hydrogen-bond acceptors (Lipinski definition) is 15. The Kier molecular flexibility index (Phi) is 8.55. The quantitative estimate of drug-likeness (QED) is 0.0849. The molecule has 0 saturated carbocycles. The molecule has 19 heteroatoms. The fourth-order valence-electron chi connectivity index (χ4n) is 4.08. The first-order valence-corrected chi connectivity index (χ1v) is 15.1. The molecule has 0 bridgehead atoms. The van der Waals surface area contributed by atoms with E-state index in [4.69, 9.17) is 10.6 Å². The molecule has 6 N–H and O–H groups in total. The van der Waals surface area contributed by atoms with Crippen LogP contribution in [0.5, 0.6) is 11.6 Å². The second kappa shape index (κ2) is 12.3. The third-order valence-electron chi connectivity index (χ3n) is 6.12. The van der Waals surface area contributed by atoms with E-state index in [1.165, 1.54) is 41.0 Å². The smallest absolute Gasteiger partial charge is 0.352 e. The first-order chi connectivity index (χ1) is 20.5. The van der Waals surface area contributed by atoms with Gasteiger partial charge in [-0.25, -0.2) is 14.5 Å². The van der Waals surface area contributed by atoms with Gasteiger partial charge >= 0.3 is 11.5 Å². The first-order valence-electron chi connectivity index (χ1n) is 12.2. The zero-order chi connectivity index (χ0) is 30.8. The summed E-state index contributed by atoms with van der Waals surface area (Å²) in [5.41, 5.74) is 5.56. The fraction of sp³-hybridized carbons (Fsp3) is 0.250. The number of thiazole rings is 1. The lowest BCUT2D eigenvalue weighted by atomic mass is 10.0. The number of nitrogens with two attached hydrogens (primary N) is 1. The molecule has 2 aromatic heterocycles. The molecule has 1 aromatic carbocycles. The number of phenolic OH excluding ortho intramolecular Hbond substituents is 1. The zero-order valence-electron chi connectivity index (χ0n) is 22.0. The number of oxime groups is 1. The standard InChI is InChI=1S/C24H22N8O8S3/c1-31-24(28-18(35)19(36)29-31)43-8-11-7-41-21-15(20(37)32(21)16(11)22(38)39)27-17(34)14(13-9-42-23(25)26-13)30-40-6-10-2-4-12(33)5-3-10/h2-5,9,15,21,33H,6-8H2,1H3,(H2,25,26)(H,27,34)(H,29,36)(H,38,39)/b30-14-/t15-,21-/m1/s1.